The fourth-order valence-corrected chi connectivity index (χ4v) is 4.79. The molecule has 0 aliphatic carbocycles. The normalized spacial score (nSPS) is 21.5. The number of carbonyl (C=O) groups is 1. The lowest BCUT2D eigenvalue weighted by Crippen LogP contribution is -2.52. The van der Waals surface area contributed by atoms with Gasteiger partial charge in [0.05, 0.1) is 18.1 Å². The van der Waals surface area contributed by atoms with Crippen molar-refractivity contribution in [2.24, 2.45) is 0 Å². The summed E-state index contributed by atoms with van der Waals surface area (Å²) in [5.74, 6) is -0.0264. The summed E-state index contributed by atoms with van der Waals surface area (Å²) in [6.07, 6.45) is 4.17. The Morgan fingerprint density at radius 2 is 1.85 bits per heavy atom. The predicted molar refractivity (Wildman–Crippen MR) is 97.9 cm³/mol. The molecule has 1 unspecified atom stereocenters. The molecule has 2 aromatic rings. The second-order valence-corrected chi connectivity index (χ2v) is 8.63. The van der Waals surface area contributed by atoms with E-state index >= 15 is 0 Å². The molecule has 0 spiro atoms. The Balaban J connectivity index is 1.43. The third-order valence-electron chi connectivity index (χ3n) is 4.97. The van der Waals surface area contributed by atoms with Gasteiger partial charge in [-0.05, 0) is 25.0 Å². The van der Waals surface area contributed by atoms with Crippen LogP contribution >= 0.6 is 0 Å². The van der Waals surface area contributed by atoms with E-state index in [1.54, 1.807) is 9.58 Å². The van der Waals surface area contributed by atoms with E-state index in [4.69, 9.17) is 4.74 Å². The Bertz CT molecular complexity index is 898. The predicted octanol–water partition coefficient (Wildman–Crippen LogP) is 0.884. The highest BCUT2D eigenvalue weighted by atomic mass is 32.2. The first-order valence-corrected chi connectivity index (χ1v) is 10.5. The fraction of sp³-hybridized carbons (Fsp3) is 0.444. The van der Waals surface area contributed by atoms with Crippen LogP contribution in [0.25, 0.3) is 5.69 Å². The van der Waals surface area contributed by atoms with Crippen molar-refractivity contribution >= 4 is 15.9 Å². The van der Waals surface area contributed by atoms with Crippen LogP contribution < -0.4 is 0 Å². The smallest absolute Gasteiger partial charge is 0.251 e. The molecule has 0 radical (unpaired) electrons. The number of rotatable bonds is 4. The van der Waals surface area contributed by atoms with Crippen molar-refractivity contribution in [2.75, 3.05) is 32.8 Å². The molecule has 1 amide bonds. The van der Waals surface area contributed by atoms with Crippen molar-refractivity contribution in [1.82, 2.24) is 19.0 Å². The van der Waals surface area contributed by atoms with Crippen molar-refractivity contribution in [3.63, 3.8) is 0 Å². The van der Waals surface area contributed by atoms with Crippen LogP contribution in [0.2, 0.25) is 0 Å². The van der Waals surface area contributed by atoms with E-state index in [0.717, 1.165) is 18.5 Å². The van der Waals surface area contributed by atoms with Gasteiger partial charge in [-0.25, -0.2) is 13.1 Å². The summed E-state index contributed by atoms with van der Waals surface area (Å²) in [5.41, 5.74) is 0.797. The van der Waals surface area contributed by atoms with Gasteiger partial charge in [0.25, 0.3) is 5.91 Å². The molecule has 2 saturated heterocycles. The third kappa shape index (κ3) is 3.62. The van der Waals surface area contributed by atoms with E-state index in [2.05, 4.69) is 5.10 Å². The highest BCUT2D eigenvalue weighted by Gasteiger charge is 2.34. The first-order chi connectivity index (χ1) is 13.1. The number of hydrogen-bond donors (Lipinski definition) is 0. The highest BCUT2D eigenvalue weighted by Crippen LogP contribution is 2.20. The number of piperazine rings is 1. The lowest BCUT2D eigenvalue weighted by molar-refractivity contribution is -0.142. The first-order valence-electron chi connectivity index (χ1n) is 9.06. The number of aromatic nitrogens is 2. The van der Waals surface area contributed by atoms with Crippen LogP contribution in [-0.4, -0.2) is 72.2 Å². The van der Waals surface area contributed by atoms with Crippen LogP contribution in [-0.2, 0) is 19.6 Å². The van der Waals surface area contributed by atoms with Crippen molar-refractivity contribution < 1.29 is 17.9 Å². The molecule has 0 bridgehead atoms. The molecule has 2 aliphatic heterocycles. The van der Waals surface area contributed by atoms with Crippen LogP contribution in [0.4, 0.5) is 0 Å². The molecule has 1 aromatic carbocycles. The number of amides is 1. The van der Waals surface area contributed by atoms with E-state index < -0.39 is 10.0 Å². The lowest BCUT2D eigenvalue weighted by Gasteiger charge is -2.34. The summed E-state index contributed by atoms with van der Waals surface area (Å²) >= 11 is 0. The summed E-state index contributed by atoms with van der Waals surface area (Å²) < 4.78 is 34.2. The van der Waals surface area contributed by atoms with Gasteiger partial charge in [-0.3, -0.25) is 4.79 Å². The van der Waals surface area contributed by atoms with Crippen molar-refractivity contribution in [2.45, 2.75) is 23.8 Å². The largest absolute Gasteiger partial charge is 0.368 e. The van der Waals surface area contributed by atoms with Gasteiger partial charge in [0, 0.05) is 32.8 Å². The Morgan fingerprint density at radius 1 is 1.11 bits per heavy atom. The summed E-state index contributed by atoms with van der Waals surface area (Å²) in [5, 5.41) is 4.17. The molecule has 1 atom stereocenters. The van der Waals surface area contributed by atoms with Gasteiger partial charge in [-0.2, -0.15) is 9.40 Å². The summed E-state index contributed by atoms with van der Waals surface area (Å²) in [6.45, 7) is 1.93. The summed E-state index contributed by atoms with van der Waals surface area (Å²) in [6, 6.07) is 9.35. The molecule has 4 rings (SSSR count). The third-order valence-corrected chi connectivity index (χ3v) is 6.82. The van der Waals surface area contributed by atoms with E-state index in [9.17, 15) is 13.2 Å². The zero-order valence-corrected chi connectivity index (χ0v) is 15.7. The molecule has 1 aromatic heterocycles. The number of carbonyl (C=O) groups excluding carboxylic acids is 1. The number of hydrogen-bond acceptors (Lipinski definition) is 5. The Labute approximate surface area is 158 Å². The average molecular weight is 390 g/mol. The monoisotopic (exact) mass is 390 g/mol. The molecule has 8 nitrogen and oxygen atoms in total. The molecular formula is C18H22N4O4S. The Kier molecular flexibility index (Phi) is 4.98. The molecule has 0 saturated carbocycles. The minimum Gasteiger partial charge on any atom is -0.368 e. The van der Waals surface area contributed by atoms with Gasteiger partial charge in [-0.1, -0.05) is 18.2 Å². The Hall–Kier alpha value is -2.23. The van der Waals surface area contributed by atoms with Crippen LogP contribution in [0, 0.1) is 0 Å². The number of sulfonamides is 1. The second kappa shape index (κ2) is 7.41. The van der Waals surface area contributed by atoms with E-state index in [1.165, 1.54) is 16.7 Å². The molecular weight excluding hydrogens is 368 g/mol. The van der Waals surface area contributed by atoms with E-state index in [0.29, 0.717) is 19.7 Å². The maximum absolute atomic E-state index is 12.9. The lowest BCUT2D eigenvalue weighted by atomic mass is 10.2. The maximum atomic E-state index is 12.9. The van der Waals surface area contributed by atoms with Gasteiger partial charge in [0.15, 0.2) is 0 Å². The highest BCUT2D eigenvalue weighted by molar-refractivity contribution is 7.89. The molecule has 144 valence electrons. The van der Waals surface area contributed by atoms with Crippen LogP contribution in [0.1, 0.15) is 12.8 Å². The quantitative estimate of drug-likeness (QED) is 0.774. The molecule has 3 heterocycles. The van der Waals surface area contributed by atoms with Gasteiger partial charge < -0.3 is 9.64 Å². The topological polar surface area (TPSA) is 84.7 Å². The van der Waals surface area contributed by atoms with Crippen molar-refractivity contribution in [3.05, 3.63) is 42.7 Å². The average Bonchev–Trinajstić information content (AvgIpc) is 3.40. The minimum absolute atomic E-state index is 0.0264. The van der Waals surface area contributed by atoms with Crippen molar-refractivity contribution in [3.8, 4) is 5.69 Å². The van der Waals surface area contributed by atoms with E-state index in [-0.39, 0.29) is 30.0 Å². The fourth-order valence-electron chi connectivity index (χ4n) is 3.44. The SMILES string of the molecule is O=C(C1CCCO1)N1CCN(S(=O)(=O)c2cnn(-c3ccccc3)c2)CC1. The van der Waals surface area contributed by atoms with Crippen LogP contribution in [0.5, 0.6) is 0 Å². The van der Waals surface area contributed by atoms with Crippen LogP contribution in [0.3, 0.4) is 0 Å². The minimum atomic E-state index is -3.64. The van der Waals surface area contributed by atoms with Gasteiger partial charge in [0.2, 0.25) is 10.0 Å². The number of ether oxygens (including phenoxy) is 1. The standard InChI is InChI=1S/C18H22N4O4S/c23-18(17-7-4-12-26-17)20-8-10-21(11-9-20)27(24,25)16-13-19-22(14-16)15-5-2-1-3-6-15/h1-3,5-6,13-14,17H,4,7-12H2. The number of para-hydroxylation sites is 1. The van der Waals surface area contributed by atoms with Gasteiger partial charge in [0.1, 0.15) is 11.0 Å². The second-order valence-electron chi connectivity index (χ2n) is 6.69. The number of benzene rings is 1. The van der Waals surface area contributed by atoms with Crippen molar-refractivity contribution in [1.29, 1.82) is 0 Å². The summed E-state index contributed by atoms with van der Waals surface area (Å²) in [7, 11) is -3.64. The van der Waals surface area contributed by atoms with Gasteiger partial charge >= 0.3 is 0 Å². The molecule has 0 N–H and O–H groups in total. The first kappa shape index (κ1) is 18.1. The number of nitrogens with zero attached hydrogens (tertiary/aromatic N) is 4. The molecule has 27 heavy (non-hydrogen) atoms. The zero-order chi connectivity index (χ0) is 18.9. The maximum Gasteiger partial charge on any atom is 0.251 e. The van der Waals surface area contributed by atoms with Gasteiger partial charge in [-0.15, -0.1) is 0 Å². The molecule has 2 fully saturated rings. The molecule has 9 heteroatoms. The zero-order valence-electron chi connectivity index (χ0n) is 14.9. The van der Waals surface area contributed by atoms with Crippen LogP contribution in [0.15, 0.2) is 47.6 Å². The van der Waals surface area contributed by atoms with E-state index in [1.807, 2.05) is 30.3 Å². The molecule has 2 aliphatic rings. The summed E-state index contributed by atoms with van der Waals surface area (Å²) in [4.78, 5) is 14.3. The Morgan fingerprint density at radius 3 is 2.52 bits per heavy atom.